The van der Waals surface area contributed by atoms with Gasteiger partial charge in [0.05, 0.1) is 0 Å². The van der Waals surface area contributed by atoms with E-state index >= 15 is 0 Å². The highest BCUT2D eigenvalue weighted by Crippen LogP contribution is 2.31. The van der Waals surface area contributed by atoms with Crippen LogP contribution in [0.5, 0.6) is 0 Å². The molecule has 1 unspecified atom stereocenters. The first-order chi connectivity index (χ1) is 12.5. The van der Waals surface area contributed by atoms with Crippen LogP contribution in [0.1, 0.15) is 51.0 Å². The zero-order valence-corrected chi connectivity index (χ0v) is 15.5. The van der Waals surface area contributed by atoms with Crippen LogP contribution >= 0.6 is 0 Å². The summed E-state index contributed by atoms with van der Waals surface area (Å²) in [5, 5.41) is 2.94. The van der Waals surface area contributed by atoms with Gasteiger partial charge in [-0.3, -0.25) is 9.59 Å². The number of nitrogens with zero attached hydrogens (tertiary/aromatic N) is 1. The van der Waals surface area contributed by atoms with Crippen LogP contribution in [0.2, 0.25) is 0 Å². The number of carbonyl (C=O) groups is 2. The average molecular weight is 360 g/mol. The third kappa shape index (κ3) is 4.83. The van der Waals surface area contributed by atoms with Gasteiger partial charge in [0.25, 0.3) is 0 Å². The Hall–Kier alpha value is -1.91. The summed E-state index contributed by atoms with van der Waals surface area (Å²) in [5.74, 6) is 0.738. The lowest BCUT2D eigenvalue weighted by Gasteiger charge is -2.35. The van der Waals surface area contributed by atoms with E-state index in [1.807, 2.05) is 4.90 Å². The van der Waals surface area contributed by atoms with E-state index in [-0.39, 0.29) is 23.6 Å². The first kappa shape index (κ1) is 18.9. The number of hydrogen-bond acceptors (Lipinski definition) is 2. The van der Waals surface area contributed by atoms with E-state index in [1.165, 1.54) is 18.6 Å². The second-order valence-electron chi connectivity index (χ2n) is 7.92. The van der Waals surface area contributed by atoms with E-state index in [9.17, 15) is 14.0 Å². The van der Waals surface area contributed by atoms with Gasteiger partial charge in [0.1, 0.15) is 5.82 Å². The molecule has 0 radical (unpaired) electrons. The summed E-state index contributed by atoms with van der Waals surface area (Å²) in [7, 11) is 0. The highest BCUT2D eigenvalue weighted by molar-refractivity contribution is 5.81. The molecule has 1 aromatic rings. The maximum Gasteiger partial charge on any atom is 0.225 e. The number of halogens is 1. The van der Waals surface area contributed by atoms with Crippen molar-refractivity contribution in [3.63, 3.8) is 0 Å². The molecule has 1 heterocycles. The minimum Gasteiger partial charge on any atom is -0.352 e. The first-order valence-corrected chi connectivity index (χ1v) is 9.84. The van der Waals surface area contributed by atoms with Gasteiger partial charge in [0.15, 0.2) is 0 Å². The predicted octanol–water partition coefficient (Wildman–Crippen LogP) is 3.51. The maximum absolute atomic E-state index is 12.9. The van der Waals surface area contributed by atoms with Gasteiger partial charge >= 0.3 is 0 Å². The molecule has 5 heteroatoms. The number of benzene rings is 1. The number of nitrogens with one attached hydrogen (secondary N) is 1. The van der Waals surface area contributed by atoms with Crippen molar-refractivity contribution in [1.29, 1.82) is 0 Å². The molecule has 1 N–H and O–H groups in total. The van der Waals surface area contributed by atoms with Gasteiger partial charge in [-0.05, 0) is 62.1 Å². The van der Waals surface area contributed by atoms with Gasteiger partial charge < -0.3 is 10.2 Å². The fraction of sp³-hybridized carbons (Fsp3) is 0.619. The predicted molar refractivity (Wildman–Crippen MR) is 98.7 cm³/mol. The Morgan fingerprint density at radius 3 is 2.38 bits per heavy atom. The number of hydrogen-bond donors (Lipinski definition) is 1. The normalized spacial score (nSPS) is 26.4. The van der Waals surface area contributed by atoms with Crippen molar-refractivity contribution in [1.82, 2.24) is 10.2 Å². The number of piperidine rings is 1. The summed E-state index contributed by atoms with van der Waals surface area (Å²) in [5.41, 5.74) is 0.892. The molecule has 1 aromatic carbocycles. The van der Waals surface area contributed by atoms with E-state index in [4.69, 9.17) is 0 Å². The molecule has 26 heavy (non-hydrogen) atoms. The van der Waals surface area contributed by atoms with Crippen molar-refractivity contribution in [2.45, 2.75) is 52.0 Å². The third-order valence-corrected chi connectivity index (χ3v) is 5.80. The van der Waals surface area contributed by atoms with Crippen molar-refractivity contribution < 1.29 is 14.0 Å². The second-order valence-corrected chi connectivity index (χ2v) is 7.92. The minimum atomic E-state index is -0.272. The number of amides is 2. The van der Waals surface area contributed by atoms with Gasteiger partial charge in [0.2, 0.25) is 11.8 Å². The summed E-state index contributed by atoms with van der Waals surface area (Å²) in [6.45, 7) is 4.41. The Balaban J connectivity index is 1.43. The zero-order valence-electron chi connectivity index (χ0n) is 15.5. The quantitative estimate of drug-likeness (QED) is 0.893. The molecule has 2 fully saturated rings. The Kier molecular flexibility index (Phi) is 6.28. The summed E-state index contributed by atoms with van der Waals surface area (Å²) >= 11 is 0. The van der Waals surface area contributed by atoms with Crippen LogP contribution in [0.3, 0.4) is 0 Å². The van der Waals surface area contributed by atoms with E-state index in [0.717, 1.165) is 50.8 Å². The maximum atomic E-state index is 12.9. The molecule has 1 aliphatic heterocycles. The van der Waals surface area contributed by atoms with E-state index < -0.39 is 0 Å². The number of likely N-dealkylation sites (tertiary alicyclic amines) is 1. The van der Waals surface area contributed by atoms with Gasteiger partial charge in [-0.1, -0.05) is 19.1 Å². The first-order valence-electron chi connectivity index (χ1n) is 9.84. The largest absolute Gasteiger partial charge is 0.352 e. The molecule has 3 rings (SSSR count). The van der Waals surface area contributed by atoms with E-state index in [2.05, 4.69) is 12.2 Å². The molecule has 0 spiro atoms. The Morgan fingerprint density at radius 2 is 1.73 bits per heavy atom. The van der Waals surface area contributed by atoms with Crippen molar-refractivity contribution in [3.8, 4) is 0 Å². The molecule has 0 aromatic heterocycles. The lowest BCUT2D eigenvalue weighted by Crippen LogP contribution is -2.44. The minimum absolute atomic E-state index is 0.0141. The number of rotatable bonds is 4. The zero-order chi connectivity index (χ0) is 18.5. The molecule has 142 valence electrons. The van der Waals surface area contributed by atoms with E-state index in [1.54, 1.807) is 12.1 Å². The van der Waals surface area contributed by atoms with Gasteiger partial charge in [-0.25, -0.2) is 4.39 Å². The molecule has 4 nitrogen and oxygen atoms in total. The SMILES string of the molecule is CC1CCCN(C(=O)C2CCC(C(=O)NCc3ccc(F)cc3)CC2)C1. The average Bonchev–Trinajstić information content (AvgIpc) is 2.67. The Bertz CT molecular complexity index is 623. The molecule has 1 saturated carbocycles. The van der Waals surface area contributed by atoms with Crippen LogP contribution in [0.4, 0.5) is 4.39 Å². The van der Waals surface area contributed by atoms with Gasteiger partial charge in [-0.15, -0.1) is 0 Å². The summed E-state index contributed by atoms with van der Waals surface area (Å²) < 4.78 is 12.9. The highest BCUT2D eigenvalue weighted by atomic mass is 19.1. The molecular formula is C21H29FN2O2. The van der Waals surface area contributed by atoms with Crippen LogP contribution < -0.4 is 5.32 Å². The molecule has 1 aliphatic carbocycles. The van der Waals surface area contributed by atoms with Crippen molar-refractivity contribution in [2.75, 3.05) is 13.1 Å². The lowest BCUT2D eigenvalue weighted by atomic mass is 9.80. The van der Waals surface area contributed by atoms with Crippen LogP contribution in [0, 0.1) is 23.6 Å². The lowest BCUT2D eigenvalue weighted by molar-refractivity contribution is -0.140. The van der Waals surface area contributed by atoms with Crippen LogP contribution in [0.15, 0.2) is 24.3 Å². The van der Waals surface area contributed by atoms with Gasteiger partial charge in [-0.2, -0.15) is 0 Å². The molecule has 1 saturated heterocycles. The fourth-order valence-corrected chi connectivity index (χ4v) is 4.19. The summed E-state index contributed by atoms with van der Waals surface area (Å²) in [6, 6.07) is 6.18. The molecular weight excluding hydrogens is 331 g/mol. The van der Waals surface area contributed by atoms with Crippen molar-refractivity contribution in [3.05, 3.63) is 35.6 Å². The topological polar surface area (TPSA) is 49.4 Å². The van der Waals surface area contributed by atoms with Crippen LogP contribution in [-0.2, 0) is 16.1 Å². The van der Waals surface area contributed by atoms with Crippen LogP contribution in [-0.4, -0.2) is 29.8 Å². The third-order valence-electron chi connectivity index (χ3n) is 5.80. The molecule has 0 bridgehead atoms. The molecule has 1 atom stereocenters. The summed E-state index contributed by atoms with van der Waals surface area (Å²) in [6.07, 6.45) is 5.47. The highest BCUT2D eigenvalue weighted by Gasteiger charge is 2.33. The summed E-state index contributed by atoms with van der Waals surface area (Å²) in [4.78, 5) is 27.1. The van der Waals surface area contributed by atoms with Crippen LogP contribution in [0.25, 0.3) is 0 Å². The monoisotopic (exact) mass is 360 g/mol. The van der Waals surface area contributed by atoms with Crippen molar-refractivity contribution in [2.24, 2.45) is 17.8 Å². The van der Waals surface area contributed by atoms with E-state index in [0.29, 0.717) is 18.4 Å². The Labute approximate surface area is 155 Å². The molecule has 2 aliphatic rings. The number of carbonyl (C=O) groups excluding carboxylic acids is 2. The molecule has 2 amide bonds. The standard InChI is InChI=1S/C21H29FN2O2/c1-15-3-2-12-24(14-15)21(26)18-8-6-17(7-9-18)20(25)23-13-16-4-10-19(22)11-5-16/h4-5,10-11,15,17-18H,2-3,6-9,12-14H2,1H3,(H,23,25). The van der Waals surface area contributed by atoms with Gasteiger partial charge in [0, 0.05) is 31.5 Å². The smallest absolute Gasteiger partial charge is 0.225 e. The van der Waals surface area contributed by atoms with Crippen molar-refractivity contribution >= 4 is 11.8 Å². The second kappa shape index (κ2) is 8.65. The fourth-order valence-electron chi connectivity index (χ4n) is 4.19. The Morgan fingerprint density at radius 1 is 1.08 bits per heavy atom.